The van der Waals surface area contributed by atoms with Gasteiger partial charge in [0, 0.05) is 5.92 Å². The highest BCUT2D eigenvalue weighted by molar-refractivity contribution is 5.77. The molecule has 1 aliphatic carbocycles. The van der Waals surface area contributed by atoms with Crippen LogP contribution in [0.3, 0.4) is 0 Å². The van der Waals surface area contributed by atoms with E-state index in [1.165, 1.54) is 10.9 Å². The lowest BCUT2D eigenvalue weighted by Gasteiger charge is -2.19. The van der Waals surface area contributed by atoms with Crippen LogP contribution in [0.5, 0.6) is 0 Å². The van der Waals surface area contributed by atoms with Gasteiger partial charge in [-0.25, -0.2) is 13.5 Å². The zero-order valence-corrected chi connectivity index (χ0v) is 15.8. The van der Waals surface area contributed by atoms with Gasteiger partial charge in [-0.15, -0.1) is 5.10 Å². The molecule has 0 radical (unpaired) electrons. The summed E-state index contributed by atoms with van der Waals surface area (Å²) in [5.74, 6) is -2.93. The van der Waals surface area contributed by atoms with Crippen LogP contribution in [0.2, 0.25) is 0 Å². The Balaban J connectivity index is 1.49. The van der Waals surface area contributed by atoms with Crippen molar-refractivity contribution in [1.82, 2.24) is 15.0 Å². The topological polar surface area (TPSA) is 83.3 Å². The third kappa shape index (κ3) is 5.11. The standard InChI is InChI=1S/C19H21F2N3O4/c1-19(2,3)28-17(25)9-24-8-12(22-23-24)10-27-18(26)15-7-13(15)14-6-11(20)4-5-16(14)21/h4-6,8,13,15H,7,9-10H2,1-3H3/t13-,15-/m0/s1. The quantitative estimate of drug-likeness (QED) is 0.702. The van der Waals surface area contributed by atoms with E-state index in [2.05, 4.69) is 10.3 Å². The van der Waals surface area contributed by atoms with Gasteiger partial charge in [0.15, 0.2) is 0 Å². The maximum Gasteiger partial charge on any atom is 0.328 e. The lowest BCUT2D eigenvalue weighted by molar-refractivity contribution is -0.155. The average Bonchev–Trinajstić information content (AvgIpc) is 3.26. The molecular weight excluding hydrogens is 372 g/mol. The van der Waals surface area contributed by atoms with E-state index in [0.29, 0.717) is 12.1 Å². The molecule has 2 atom stereocenters. The predicted octanol–water partition coefficient (Wildman–Crippen LogP) is 2.74. The molecule has 0 bridgehead atoms. The second-order valence-electron chi connectivity index (χ2n) is 7.72. The van der Waals surface area contributed by atoms with Crippen molar-refractivity contribution in [3.63, 3.8) is 0 Å². The van der Waals surface area contributed by atoms with Gasteiger partial charge in [0.05, 0.1) is 12.1 Å². The van der Waals surface area contributed by atoms with Gasteiger partial charge >= 0.3 is 11.9 Å². The third-order valence-electron chi connectivity index (χ3n) is 4.11. The number of rotatable bonds is 6. The van der Waals surface area contributed by atoms with E-state index in [4.69, 9.17) is 9.47 Å². The van der Waals surface area contributed by atoms with E-state index in [1.54, 1.807) is 20.8 Å². The summed E-state index contributed by atoms with van der Waals surface area (Å²) >= 11 is 0. The van der Waals surface area contributed by atoms with E-state index in [-0.39, 0.29) is 24.6 Å². The molecule has 1 aliphatic rings. The summed E-state index contributed by atoms with van der Waals surface area (Å²) in [7, 11) is 0. The first-order chi connectivity index (χ1) is 13.1. The molecule has 0 unspecified atom stereocenters. The highest BCUT2D eigenvalue weighted by Crippen LogP contribution is 2.49. The summed E-state index contributed by atoms with van der Waals surface area (Å²) in [6.45, 7) is 5.05. The summed E-state index contributed by atoms with van der Waals surface area (Å²) in [6, 6.07) is 3.19. The Labute approximate surface area is 160 Å². The monoisotopic (exact) mass is 393 g/mol. The average molecular weight is 393 g/mol. The van der Waals surface area contributed by atoms with E-state index < -0.39 is 35.1 Å². The van der Waals surface area contributed by atoms with Crippen molar-refractivity contribution >= 4 is 11.9 Å². The van der Waals surface area contributed by atoms with Gasteiger partial charge in [-0.05, 0) is 51.0 Å². The maximum atomic E-state index is 13.8. The van der Waals surface area contributed by atoms with Crippen LogP contribution in [-0.2, 0) is 32.2 Å². The Hall–Kier alpha value is -2.84. The Morgan fingerprint density at radius 1 is 1.29 bits per heavy atom. The molecule has 1 aromatic heterocycles. The van der Waals surface area contributed by atoms with Crippen molar-refractivity contribution < 1.29 is 27.8 Å². The van der Waals surface area contributed by atoms with Crippen LogP contribution in [0.4, 0.5) is 8.78 Å². The molecule has 1 heterocycles. The summed E-state index contributed by atoms with van der Waals surface area (Å²) in [5, 5.41) is 7.63. The van der Waals surface area contributed by atoms with E-state index in [1.807, 2.05) is 0 Å². The van der Waals surface area contributed by atoms with Crippen molar-refractivity contribution in [2.24, 2.45) is 5.92 Å². The first-order valence-electron chi connectivity index (χ1n) is 8.85. The van der Waals surface area contributed by atoms with Crippen LogP contribution in [0, 0.1) is 17.6 Å². The van der Waals surface area contributed by atoms with Gasteiger partial charge in [0.25, 0.3) is 0 Å². The maximum absolute atomic E-state index is 13.8. The molecule has 9 heteroatoms. The molecule has 0 aliphatic heterocycles. The van der Waals surface area contributed by atoms with Crippen LogP contribution in [0.1, 0.15) is 44.4 Å². The molecular formula is C19H21F2N3O4. The number of carbonyl (C=O) groups is 2. The number of hydrogen-bond donors (Lipinski definition) is 0. The highest BCUT2D eigenvalue weighted by Gasteiger charge is 2.46. The molecule has 7 nitrogen and oxygen atoms in total. The molecule has 0 saturated heterocycles. The fraction of sp³-hybridized carbons (Fsp3) is 0.474. The minimum Gasteiger partial charge on any atom is -0.459 e. The van der Waals surface area contributed by atoms with Crippen LogP contribution < -0.4 is 0 Å². The molecule has 1 aromatic carbocycles. The Morgan fingerprint density at radius 2 is 2.04 bits per heavy atom. The van der Waals surface area contributed by atoms with Crippen molar-refractivity contribution in [1.29, 1.82) is 0 Å². The van der Waals surface area contributed by atoms with Crippen LogP contribution in [-0.4, -0.2) is 32.5 Å². The second-order valence-corrected chi connectivity index (χ2v) is 7.72. The van der Waals surface area contributed by atoms with Gasteiger partial charge in [-0.3, -0.25) is 9.59 Å². The Morgan fingerprint density at radius 3 is 2.75 bits per heavy atom. The van der Waals surface area contributed by atoms with E-state index in [0.717, 1.165) is 18.2 Å². The number of halogens is 2. The van der Waals surface area contributed by atoms with Crippen LogP contribution >= 0.6 is 0 Å². The van der Waals surface area contributed by atoms with Crippen LogP contribution in [0.25, 0.3) is 0 Å². The van der Waals surface area contributed by atoms with Gasteiger partial charge in [-0.1, -0.05) is 5.21 Å². The largest absolute Gasteiger partial charge is 0.459 e. The fourth-order valence-electron chi connectivity index (χ4n) is 2.84. The molecule has 2 aromatic rings. The predicted molar refractivity (Wildman–Crippen MR) is 92.9 cm³/mol. The lowest BCUT2D eigenvalue weighted by Crippen LogP contribution is -2.26. The van der Waals surface area contributed by atoms with Crippen molar-refractivity contribution in [3.05, 3.63) is 47.3 Å². The van der Waals surface area contributed by atoms with Crippen molar-refractivity contribution in [3.8, 4) is 0 Å². The smallest absolute Gasteiger partial charge is 0.328 e. The summed E-state index contributed by atoms with van der Waals surface area (Å²) in [6.07, 6.45) is 1.89. The zero-order chi connectivity index (χ0) is 20.5. The first-order valence-corrected chi connectivity index (χ1v) is 8.85. The second kappa shape index (κ2) is 7.65. The number of aromatic nitrogens is 3. The normalized spacial score (nSPS) is 18.6. The molecule has 0 spiro atoms. The minimum atomic E-state index is -0.599. The van der Waals surface area contributed by atoms with Crippen molar-refractivity contribution in [2.75, 3.05) is 0 Å². The van der Waals surface area contributed by atoms with E-state index >= 15 is 0 Å². The lowest BCUT2D eigenvalue weighted by atomic mass is 10.1. The van der Waals surface area contributed by atoms with Gasteiger partial charge in [-0.2, -0.15) is 0 Å². The zero-order valence-electron chi connectivity index (χ0n) is 15.8. The molecule has 0 N–H and O–H groups in total. The number of esters is 2. The number of carbonyl (C=O) groups excluding carboxylic acids is 2. The number of nitrogens with zero attached hydrogens (tertiary/aromatic N) is 3. The molecule has 3 rings (SSSR count). The minimum absolute atomic E-state index is 0.109. The Kier molecular flexibility index (Phi) is 5.44. The number of ether oxygens (including phenoxy) is 2. The molecule has 150 valence electrons. The van der Waals surface area contributed by atoms with Gasteiger partial charge in [0.1, 0.15) is 36.1 Å². The molecule has 0 amide bonds. The summed E-state index contributed by atoms with van der Waals surface area (Å²) in [4.78, 5) is 23.9. The molecule has 1 saturated carbocycles. The SMILES string of the molecule is CC(C)(C)OC(=O)Cn1cc(COC(=O)[C@H]2C[C@H]2c2cc(F)ccc2F)nn1. The highest BCUT2D eigenvalue weighted by atomic mass is 19.1. The Bertz CT molecular complexity index is 892. The number of hydrogen-bond acceptors (Lipinski definition) is 6. The summed E-state index contributed by atoms with van der Waals surface area (Å²) < 4.78 is 38.7. The molecule has 1 fully saturated rings. The van der Waals surface area contributed by atoms with Crippen LogP contribution in [0.15, 0.2) is 24.4 Å². The van der Waals surface area contributed by atoms with Gasteiger partial charge in [0.2, 0.25) is 0 Å². The van der Waals surface area contributed by atoms with E-state index in [9.17, 15) is 18.4 Å². The first kappa shape index (κ1) is 19.9. The van der Waals surface area contributed by atoms with Crippen molar-refractivity contribution in [2.45, 2.75) is 51.9 Å². The molecule has 28 heavy (non-hydrogen) atoms. The number of benzene rings is 1. The third-order valence-corrected chi connectivity index (χ3v) is 4.11. The fourth-order valence-corrected chi connectivity index (χ4v) is 2.84. The van der Waals surface area contributed by atoms with Gasteiger partial charge < -0.3 is 9.47 Å². The summed E-state index contributed by atoms with van der Waals surface area (Å²) in [5.41, 5.74) is -0.0471.